The van der Waals surface area contributed by atoms with Crippen LogP contribution in [0.2, 0.25) is 0 Å². The van der Waals surface area contributed by atoms with Gasteiger partial charge in [-0.2, -0.15) is 10.2 Å². The summed E-state index contributed by atoms with van der Waals surface area (Å²) >= 11 is 0. The van der Waals surface area contributed by atoms with Crippen molar-refractivity contribution in [3.63, 3.8) is 0 Å². The highest BCUT2D eigenvalue weighted by Crippen LogP contribution is 2.20. The van der Waals surface area contributed by atoms with Gasteiger partial charge >= 0.3 is 0 Å². The summed E-state index contributed by atoms with van der Waals surface area (Å²) in [5.74, 6) is 0. The highest BCUT2D eigenvalue weighted by Gasteiger charge is 2.12. The maximum Gasteiger partial charge on any atom is 0.209 e. The van der Waals surface area contributed by atoms with E-state index in [0.717, 1.165) is 16.9 Å². The third-order valence-corrected chi connectivity index (χ3v) is 4.59. The Labute approximate surface area is 173 Å². The lowest BCUT2D eigenvalue weighted by atomic mass is 10.1. The number of aliphatic imine (C=N–C) groups is 1. The molecule has 0 unspecified atom stereocenters. The van der Waals surface area contributed by atoms with Crippen LogP contribution < -0.4 is 11.2 Å². The zero-order valence-corrected chi connectivity index (χ0v) is 16.4. The average Bonchev–Trinajstić information content (AvgIpc) is 3.30. The van der Waals surface area contributed by atoms with Gasteiger partial charge in [0.1, 0.15) is 0 Å². The van der Waals surface area contributed by atoms with Gasteiger partial charge in [-0.15, -0.1) is 0 Å². The van der Waals surface area contributed by atoms with Gasteiger partial charge in [0.05, 0.1) is 22.8 Å². The Hall–Kier alpha value is -4.26. The number of nitrogens with zero attached hydrogens (tertiary/aromatic N) is 5. The van der Waals surface area contributed by atoms with Gasteiger partial charge in [-0.25, -0.2) is 14.4 Å². The first kappa shape index (κ1) is 19.1. The van der Waals surface area contributed by atoms with Gasteiger partial charge in [0, 0.05) is 30.2 Å². The van der Waals surface area contributed by atoms with E-state index in [1.165, 1.54) is 12.3 Å². The Bertz CT molecular complexity index is 1270. The summed E-state index contributed by atoms with van der Waals surface area (Å²) in [6.45, 7) is 1.99. The molecule has 4 aromatic rings. The SMILES string of the molecule is Cc1c(-n2cccn2)cccc1-n1ccc(=O)c(C(C=CN)=Nc2ccccc2)n1. The summed E-state index contributed by atoms with van der Waals surface area (Å²) in [4.78, 5) is 17.2. The normalized spacial score (nSPS) is 11.8. The fourth-order valence-electron chi connectivity index (χ4n) is 3.14. The molecular weight excluding hydrogens is 376 g/mol. The Kier molecular flexibility index (Phi) is 5.34. The zero-order valence-electron chi connectivity index (χ0n) is 16.4. The van der Waals surface area contributed by atoms with E-state index >= 15 is 0 Å². The van der Waals surface area contributed by atoms with Gasteiger partial charge in [-0.1, -0.05) is 24.3 Å². The first-order valence-electron chi connectivity index (χ1n) is 9.40. The first-order chi connectivity index (χ1) is 14.7. The number of para-hydroxylation sites is 1. The summed E-state index contributed by atoms with van der Waals surface area (Å²) in [7, 11) is 0. The van der Waals surface area contributed by atoms with Gasteiger partial charge < -0.3 is 5.73 Å². The Morgan fingerprint density at radius 3 is 2.43 bits per heavy atom. The van der Waals surface area contributed by atoms with Crippen molar-refractivity contribution in [1.82, 2.24) is 19.6 Å². The molecule has 4 rings (SSSR count). The molecule has 30 heavy (non-hydrogen) atoms. The molecular formula is C23H20N6O. The fourth-order valence-corrected chi connectivity index (χ4v) is 3.14. The van der Waals surface area contributed by atoms with Gasteiger partial charge in [0.25, 0.3) is 0 Å². The molecule has 7 heteroatoms. The highest BCUT2D eigenvalue weighted by molar-refractivity contribution is 6.08. The van der Waals surface area contributed by atoms with Crippen LogP contribution >= 0.6 is 0 Å². The molecule has 2 aromatic carbocycles. The van der Waals surface area contributed by atoms with Crippen LogP contribution in [0.1, 0.15) is 11.3 Å². The quantitative estimate of drug-likeness (QED) is 0.524. The number of rotatable bonds is 5. The molecule has 7 nitrogen and oxygen atoms in total. The molecule has 148 valence electrons. The molecule has 0 saturated carbocycles. The van der Waals surface area contributed by atoms with E-state index in [1.54, 1.807) is 27.8 Å². The second kappa shape index (κ2) is 8.40. The molecule has 0 atom stereocenters. The summed E-state index contributed by atoms with van der Waals surface area (Å²) < 4.78 is 3.46. The zero-order chi connectivity index (χ0) is 20.9. The standard InChI is InChI=1S/C23H20N6O/c1-17-20(28-15-6-14-25-28)9-5-10-21(17)29-16-12-22(30)23(27-29)19(11-13-24)26-18-7-3-2-4-8-18/h2-16H,24H2,1H3. The molecule has 2 N–H and O–H groups in total. The third kappa shape index (κ3) is 3.81. The van der Waals surface area contributed by atoms with E-state index < -0.39 is 0 Å². The topological polar surface area (TPSA) is 91.1 Å². The van der Waals surface area contributed by atoms with E-state index in [9.17, 15) is 4.79 Å². The second-order valence-electron chi connectivity index (χ2n) is 6.54. The molecule has 0 aliphatic carbocycles. The number of hydrogen-bond donors (Lipinski definition) is 1. The van der Waals surface area contributed by atoms with Crippen molar-refractivity contribution in [1.29, 1.82) is 0 Å². The monoisotopic (exact) mass is 396 g/mol. The van der Waals surface area contributed by atoms with Gasteiger partial charge in [0.15, 0.2) is 5.69 Å². The molecule has 0 radical (unpaired) electrons. The second-order valence-corrected chi connectivity index (χ2v) is 6.54. The molecule has 0 saturated heterocycles. The molecule has 0 amide bonds. The van der Waals surface area contributed by atoms with E-state index in [0.29, 0.717) is 11.4 Å². The van der Waals surface area contributed by atoms with Crippen LogP contribution in [0.15, 0.2) is 101 Å². The first-order valence-corrected chi connectivity index (χ1v) is 9.40. The molecule has 0 aliphatic rings. The van der Waals surface area contributed by atoms with Crippen LogP contribution in [-0.2, 0) is 0 Å². The maximum atomic E-state index is 12.6. The largest absolute Gasteiger partial charge is 0.405 e. The maximum absolute atomic E-state index is 12.6. The highest BCUT2D eigenvalue weighted by atomic mass is 16.1. The molecule has 0 aliphatic heterocycles. The summed E-state index contributed by atoms with van der Waals surface area (Å²) in [5, 5.41) is 8.89. The van der Waals surface area contributed by atoms with Gasteiger partial charge in [0.2, 0.25) is 5.43 Å². The number of hydrogen-bond acceptors (Lipinski definition) is 5. The van der Waals surface area contributed by atoms with E-state index in [-0.39, 0.29) is 11.1 Å². The van der Waals surface area contributed by atoms with Crippen LogP contribution in [0.4, 0.5) is 5.69 Å². The smallest absolute Gasteiger partial charge is 0.209 e. The van der Waals surface area contributed by atoms with Crippen LogP contribution in [0, 0.1) is 6.92 Å². The summed E-state index contributed by atoms with van der Waals surface area (Å²) in [6.07, 6.45) is 8.19. The van der Waals surface area contributed by atoms with E-state index in [2.05, 4.69) is 15.2 Å². The van der Waals surface area contributed by atoms with Crippen molar-refractivity contribution in [2.45, 2.75) is 6.92 Å². The van der Waals surface area contributed by atoms with Crippen LogP contribution in [0.5, 0.6) is 0 Å². The molecule has 2 aromatic heterocycles. The average molecular weight is 396 g/mol. The lowest BCUT2D eigenvalue weighted by Gasteiger charge is -2.14. The van der Waals surface area contributed by atoms with Crippen molar-refractivity contribution in [2.24, 2.45) is 10.7 Å². The molecule has 0 fully saturated rings. The Morgan fingerprint density at radius 2 is 1.73 bits per heavy atom. The van der Waals surface area contributed by atoms with Gasteiger partial charge in [-0.3, -0.25) is 4.79 Å². The minimum Gasteiger partial charge on any atom is -0.405 e. The van der Waals surface area contributed by atoms with Crippen LogP contribution in [0.25, 0.3) is 11.4 Å². The van der Waals surface area contributed by atoms with Crippen molar-refractivity contribution < 1.29 is 0 Å². The van der Waals surface area contributed by atoms with Crippen LogP contribution in [-0.4, -0.2) is 25.3 Å². The van der Waals surface area contributed by atoms with Crippen molar-refractivity contribution in [2.75, 3.05) is 0 Å². The van der Waals surface area contributed by atoms with E-state index in [1.807, 2.05) is 67.7 Å². The minimum atomic E-state index is -0.236. The number of benzene rings is 2. The molecule has 0 spiro atoms. The predicted octanol–water partition coefficient (Wildman–Crippen LogP) is 3.32. The van der Waals surface area contributed by atoms with Crippen LogP contribution in [0.3, 0.4) is 0 Å². The molecule has 2 heterocycles. The van der Waals surface area contributed by atoms with Crippen molar-refractivity contribution >= 4 is 11.4 Å². The van der Waals surface area contributed by atoms with Crippen molar-refractivity contribution in [3.05, 3.63) is 113 Å². The lowest BCUT2D eigenvalue weighted by Crippen LogP contribution is -2.21. The Morgan fingerprint density at radius 1 is 0.967 bits per heavy atom. The predicted molar refractivity (Wildman–Crippen MR) is 118 cm³/mol. The number of allylic oxidation sites excluding steroid dienone is 1. The lowest BCUT2D eigenvalue weighted by molar-refractivity contribution is 0.812. The third-order valence-electron chi connectivity index (χ3n) is 4.59. The summed E-state index contributed by atoms with van der Waals surface area (Å²) in [5.41, 5.74) is 9.42. The minimum absolute atomic E-state index is 0.215. The number of nitrogens with two attached hydrogens (primary N) is 1. The molecule has 0 bridgehead atoms. The fraction of sp³-hybridized carbons (Fsp3) is 0.0435. The van der Waals surface area contributed by atoms with Crippen molar-refractivity contribution in [3.8, 4) is 11.4 Å². The Balaban J connectivity index is 1.84. The van der Waals surface area contributed by atoms with Gasteiger partial charge in [-0.05, 0) is 49.5 Å². The number of aromatic nitrogens is 4. The van der Waals surface area contributed by atoms with E-state index in [4.69, 9.17) is 5.73 Å². The summed E-state index contributed by atoms with van der Waals surface area (Å²) in [6, 6.07) is 18.6.